The van der Waals surface area contributed by atoms with Gasteiger partial charge in [0.25, 0.3) is 0 Å². The molecule has 1 aliphatic rings. The van der Waals surface area contributed by atoms with Crippen LogP contribution in [-0.4, -0.2) is 25.1 Å². The Morgan fingerprint density at radius 1 is 1.37 bits per heavy atom. The summed E-state index contributed by atoms with van der Waals surface area (Å²) >= 11 is 0. The van der Waals surface area contributed by atoms with E-state index in [0.29, 0.717) is 13.2 Å². The van der Waals surface area contributed by atoms with E-state index in [9.17, 15) is 4.79 Å². The topological polar surface area (TPSA) is 50.4 Å². The molecule has 1 saturated heterocycles. The molecule has 19 heavy (non-hydrogen) atoms. The van der Waals surface area contributed by atoms with Crippen LogP contribution < -0.4 is 15.4 Å². The standard InChI is InChI=1S/C15H22N2O2/c1-2-19-13-8-6-12(7-9-13)11-17-15(18)14-5-3-4-10-16-14/h6-9,14,16H,2-5,10-11H2,1H3,(H,17,18). The van der Waals surface area contributed by atoms with Gasteiger partial charge in [0, 0.05) is 6.54 Å². The lowest BCUT2D eigenvalue weighted by Gasteiger charge is -2.22. The van der Waals surface area contributed by atoms with Gasteiger partial charge in [-0.15, -0.1) is 0 Å². The van der Waals surface area contributed by atoms with Crippen molar-refractivity contribution in [2.75, 3.05) is 13.2 Å². The molecule has 1 aromatic carbocycles. The number of ether oxygens (including phenoxy) is 1. The molecule has 0 radical (unpaired) electrons. The van der Waals surface area contributed by atoms with Crippen LogP contribution in [0.4, 0.5) is 0 Å². The molecule has 1 unspecified atom stereocenters. The van der Waals surface area contributed by atoms with Crippen LogP contribution in [-0.2, 0) is 11.3 Å². The van der Waals surface area contributed by atoms with E-state index < -0.39 is 0 Å². The molecule has 1 aromatic rings. The number of carbonyl (C=O) groups is 1. The zero-order valence-electron chi connectivity index (χ0n) is 11.4. The molecule has 0 spiro atoms. The van der Waals surface area contributed by atoms with Gasteiger partial charge in [-0.1, -0.05) is 18.6 Å². The van der Waals surface area contributed by atoms with Crippen LogP contribution in [0.25, 0.3) is 0 Å². The van der Waals surface area contributed by atoms with Gasteiger partial charge in [-0.05, 0) is 44.0 Å². The minimum absolute atomic E-state index is 0.0172. The van der Waals surface area contributed by atoms with Gasteiger partial charge in [0.15, 0.2) is 0 Å². The van der Waals surface area contributed by atoms with Gasteiger partial charge in [-0.25, -0.2) is 0 Å². The van der Waals surface area contributed by atoms with Gasteiger partial charge in [0.1, 0.15) is 5.75 Å². The number of nitrogens with one attached hydrogen (secondary N) is 2. The molecule has 0 saturated carbocycles. The minimum Gasteiger partial charge on any atom is -0.494 e. The van der Waals surface area contributed by atoms with E-state index in [1.807, 2.05) is 31.2 Å². The minimum atomic E-state index is -0.0172. The second-order valence-electron chi connectivity index (χ2n) is 4.80. The maximum atomic E-state index is 11.9. The predicted molar refractivity (Wildman–Crippen MR) is 75.1 cm³/mol. The second kappa shape index (κ2) is 7.14. The Bertz CT molecular complexity index is 397. The number of rotatable bonds is 5. The summed E-state index contributed by atoms with van der Waals surface area (Å²) in [6.45, 7) is 4.15. The second-order valence-corrected chi connectivity index (χ2v) is 4.80. The highest BCUT2D eigenvalue weighted by Gasteiger charge is 2.19. The molecule has 1 atom stereocenters. The SMILES string of the molecule is CCOc1ccc(CNC(=O)C2CCCCN2)cc1. The average molecular weight is 262 g/mol. The summed E-state index contributed by atoms with van der Waals surface area (Å²) < 4.78 is 5.38. The van der Waals surface area contributed by atoms with Gasteiger partial charge >= 0.3 is 0 Å². The van der Waals surface area contributed by atoms with Crippen LogP contribution in [0.2, 0.25) is 0 Å². The Morgan fingerprint density at radius 2 is 2.16 bits per heavy atom. The Kier molecular flexibility index (Phi) is 5.21. The summed E-state index contributed by atoms with van der Waals surface area (Å²) in [5, 5.41) is 6.23. The third-order valence-electron chi connectivity index (χ3n) is 3.33. The third kappa shape index (κ3) is 4.24. The van der Waals surface area contributed by atoms with E-state index >= 15 is 0 Å². The highest BCUT2D eigenvalue weighted by Crippen LogP contribution is 2.12. The van der Waals surface area contributed by atoms with E-state index in [0.717, 1.165) is 30.7 Å². The van der Waals surface area contributed by atoms with E-state index in [-0.39, 0.29) is 11.9 Å². The average Bonchev–Trinajstić information content (AvgIpc) is 2.47. The number of hydrogen-bond donors (Lipinski definition) is 2. The number of hydrogen-bond acceptors (Lipinski definition) is 3. The quantitative estimate of drug-likeness (QED) is 0.851. The molecule has 4 heteroatoms. The van der Waals surface area contributed by atoms with E-state index in [1.54, 1.807) is 0 Å². The maximum absolute atomic E-state index is 11.9. The van der Waals surface area contributed by atoms with Crippen molar-refractivity contribution in [2.24, 2.45) is 0 Å². The van der Waals surface area contributed by atoms with Crippen molar-refractivity contribution in [1.82, 2.24) is 10.6 Å². The van der Waals surface area contributed by atoms with E-state index in [1.165, 1.54) is 6.42 Å². The lowest BCUT2D eigenvalue weighted by molar-refractivity contribution is -0.123. The first-order valence-electron chi connectivity index (χ1n) is 7.02. The van der Waals surface area contributed by atoms with Crippen LogP contribution in [0.3, 0.4) is 0 Å². The molecule has 1 aliphatic heterocycles. The molecular weight excluding hydrogens is 240 g/mol. The first-order chi connectivity index (χ1) is 9.29. The zero-order valence-corrected chi connectivity index (χ0v) is 11.4. The summed E-state index contributed by atoms with van der Waals surface area (Å²) in [6, 6.07) is 7.82. The molecule has 0 aliphatic carbocycles. The van der Waals surface area contributed by atoms with Gasteiger partial charge in [0.05, 0.1) is 12.6 Å². The van der Waals surface area contributed by atoms with Crippen LogP contribution in [0.1, 0.15) is 31.7 Å². The van der Waals surface area contributed by atoms with Crippen molar-refractivity contribution in [2.45, 2.75) is 38.8 Å². The van der Waals surface area contributed by atoms with Crippen LogP contribution >= 0.6 is 0 Å². The fourth-order valence-corrected chi connectivity index (χ4v) is 2.26. The summed E-state index contributed by atoms with van der Waals surface area (Å²) in [6.07, 6.45) is 3.24. The summed E-state index contributed by atoms with van der Waals surface area (Å²) in [4.78, 5) is 11.9. The first-order valence-corrected chi connectivity index (χ1v) is 7.02. The molecule has 0 aromatic heterocycles. The van der Waals surface area contributed by atoms with Crippen molar-refractivity contribution in [1.29, 1.82) is 0 Å². The van der Waals surface area contributed by atoms with E-state index in [4.69, 9.17) is 4.74 Å². The Hall–Kier alpha value is -1.55. The van der Waals surface area contributed by atoms with Gasteiger partial charge in [-0.3, -0.25) is 4.79 Å². The Labute approximate surface area is 114 Å². The number of carbonyl (C=O) groups excluding carboxylic acids is 1. The number of benzene rings is 1. The normalized spacial score (nSPS) is 18.9. The smallest absolute Gasteiger partial charge is 0.237 e. The van der Waals surface area contributed by atoms with Gasteiger partial charge < -0.3 is 15.4 Å². The maximum Gasteiger partial charge on any atom is 0.237 e. The zero-order chi connectivity index (χ0) is 13.5. The summed E-state index contributed by atoms with van der Waals surface area (Å²) in [7, 11) is 0. The van der Waals surface area contributed by atoms with Crippen LogP contribution in [0.15, 0.2) is 24.3 Å². The Balaban J connectivity index is 1.79. The molecule has 4 nitrogen and oxygen atoms in total. The third-order valence-corrected chi connectivity index (χ3v) is 3.33. The fourth-order valence-electron chi connectivity index (χ4n) is 2.26. The molecule has 2 rings (SSSR count). The van der Waals surface area contributed by atoms with Crippen molar-refractivity contribution in [3.63, 3.8) is 0 Å². The molecular formula is C15H22N2O2. The monoisotopic (exact) mass is 262 g/mol. The molecule has 1 heterocycles. The summed E-state index contributed by atoms with van der Waals surface area (Å²) in [5.74, 6) is 0.972. The van der Waals surface area contributed by atoms with Crippen LogP contribution in [0.5, 0.6) is 5.75 Å². The van der Waals surface area contributed by atoms with Gasteiger partial charge in [0.2, 0.25) is 5.91 Å². The number of piperidine rings is 1. The van der Waals surface area contributed by atoms with Crippen molar-refractivity contribution >= 4 is 5.91 Å². The molecule has 0 bridgehead atoms. The molecule has 2 N–H and O–H groups in total. The Morgan fingerprint density at radius 3 is 2.79 bits per heavy atom. The summed E-state index contributed by atoms with van der Waals surface area (Å²) in [5.41, 5.74) is 1.09. The predicted octanol–water partition coefficient (Wildman–Crippen LogP) is 1.84. The highest BCUT2D eigenvalue weighted by atomic mass is 16.5. The highest BCUT2D eigenvalue weighted by molar-refractivity contribution is 5.81. The lowest BCUT2D eigenvalue weighted by atomic mass is 10.0. The van der Waals surface area contributed by atoms with Gasteiger partial charge in [-0.2, -0.15) is 0 Å². The van der Waals surface area contributed by atoms with Crippen molar-refractivity contribution in [3.05, 3.63) is 29.8 Å². The molecule has 1 amide bonds. The van der Waals surface area contributed by atoms with Crippen molar-refractivity contribution < 1.29 is 9.53 Å². The fraction of sp³-hybridized carbons (Fsp3) is 0.533. The molecule has 1 fully saturated rings. The first kappa shape index (κ1) is 13.9. The van der Waals surface area contributed by atoms with E-state index in [2.05, 4.69) is 10.6 Å². The lowest BCUT2D eigenvalue weighted by Crippen LogP contribution is -2.46. The largest absolute Gasteiger partial charge is 0.494 e. The van der Waals surface area contributed by atoms with Crippen LogP contribution in [0, 0.1) is 0 Å². The number of amides is 1. The van der Waals surface area contributed by atoms with Crippen molar-refractivity contribution in [3.8, 4) is 5.75 Å². The molecule has 104 valence electrons.